The van der Waals surface area contributed by atoms with Crippen LogP contribution in [0.4, 0.5) is 0 Å². The third kappa shape index (κ3) is 4.81. The molecule has 170 valence electrons. The largest absolute Gasteiger partial charge is 0.481 e. The van der Waals surface area contributed by atoms with Gasteiger partial charge in [-0.1, -0.05) is 24.3 Å². The number of methoxy groups -OCH3 is 1. The van der Waals surface area contributed by atoms with Crippen molar-refractivity contribution in [1.29, 1.82) is 0 Å². The Bertz CT molecular complexity index is 1220. The lowest BCUT2D eigenvalue weighted by Crippen LogP contribution is -2.45. The van der Waals surface area contributed by atoms with Crippen LogP contribution in [0.25, 0.3) is 17.0 Å². The van der Waals surface area contributed by atoms with E-state index in [0.29, 0.717) is 23.3 Å². The van der Waals surface area contributed by atoms with Gasteiger partial charge in [0.05, 0.1) is 7.11 Å². The van der Waals surface area contributed by atoms with Crippen LogP contribution in [0.15, 0.2) is 60.8 Å². The Morgan fingerprint density at radius 3 is 2.52 bits per heavy atom. The summed E-state index contributed by atoms with van der Waals surface area (Å²) in [5.41, 5.74) is 2.69. The van der Waals surface area contributed by atoms with Gasteiger partial charge in [-0.15, -0.1) is 5.10 Å². The van der Waals surface area contributed by atoms with Gasteiger partial charge in [-0.05, 0) is 43.3 Å². The summed E-state index contributed by atoms with van der Waals surface area (Å²) >= 11 is 0. The fraction of sp³-hybridized carbons (Fsp3) is 0.320. The zero-order chi connectivity index (χ0) is 22.6. The van der Waals surface area contributed by atoms with Crippen molar-refractivity contribution in [2.45, 2.75) is 6.42 Å². The van der Waals surface area contributed by atoms with E-state index in [1.165, 1.54) is 5.56 Å². The maximum atomic E-state index is 6.26. The molecule has 4 aromatic rings. The van der Waals surface area contributed by atoms with Gasteiger partial charge in [0.25, 0.3) is 0 Å². The molecular formula is C25H28N6O2. The fourth-order valence-electron chi connectivity index (χ4n) is 4.04. The summed E-state index contributed by atoms with van der Waals surface area (Å²) in [5.74, 6) is 2.25. The van der Waals surface area contributed by atoms with Crippen LogP contribution >= 0.6 is 0 Å². The second kappa shape index (κ2) is 9.56. The molecule has 4 heterocycles. The summed E-state index contributed by atoms with van der Waals surface area (Å²) in [5, 5.41) is 4.74. The Morgan fingerprint density at radius 2 is 1.73 bits per heavy atom. The molecule has 0 aliphatic carbocycles. The van der Waals surface area contributed by atoms with Gasteiger partial charge in [0.15, 0.2) is 0 Å². The molecule has 5 rings (SSSR count). The van der Waals surface area contributed by atoms with Gasteiger partial charge in [-0.2, -0.15) is 4.98 Å². The van der Waals surface area contributed by atoms with Crippen molar-refractivity contribution in [2.75, 3.05) is 46.9 Å². The van der Waals surface area contributed by atoms with Crippen LogP contribution in [0.1, 0.15) is 5.56 Å². The van der Waals surface area contributed by atoms with Crippen LogP contribution in [0.2, 0.25) is 0 Å². The van der Waals surface area contributed by atoms with Gasteiger partial charge >= 0.3 is 0 Å². The van der Waals surface area contributed by atoms with Gasteiger partial charge in [0.2, 0.25) is 17.6 Å². The molecule has 0 spiro atoms. The Hall–Kier alpha value is -3.49. The zero-order valence-electron chi connectivity index (χ0n) is 19.0. The number of para-hydroxylation sites is 1. The summed E-state index contributed by atoms with van der Waals surface area (Å²) in [6, 6.07) is 17.4. The minimum Gasteiger partial charge on any atom is -0.481 e. The topological polar surface area (TPSA) is 68.0 Å². The molecule has 1 saturated heterocycles. The second-order valence-corrected chi connectivity index (χ2v) is 8.25. The highest BCUT2D eigenvalue weighted by Gasteiger charge is 2.19. The van der Waals surface area contributed by atoms with E-state index in [0.717, 1.165) is 50.4 Å². The first-order valence-electron chi connectivity index (χ1n) is 11.2. The van der Waals surface area contributed by atoms with E-state index in [4.69, 9.17) is 19.6 Å². The number of hydrogen-bond acceptors (Lipinski definition) is 7. The molecule has 0 bridgehead atoms. The molecule has 1 aromatic carbocycles. The Morgan fingerprint density at radius 1 is 0.909 bits per heavy atom. The average molecular weight is 445 g/mol. The number of ether oxygens (including phenoxy) is 2. The van der Waals surface area contributed by atoms with E-state index in [1.807, 2.05) is 53.2 Å². The number of hydrogen-bond donors (Lipinski definition) is 0. The molecule has 0 N–H and O–H groups in total. The van der Waals surface area contributed by atoms with Crippen LogP contribution in [-0.4, -0.2) is 76.3 Å². The second-order valence-electron chi connectivity index (χ2n) is 8.25. The fourth-order valence-corrected chi connectivity index (χ4v) is 4.04. The van der Waals surface area contributed by atoms with E-state index >= 15 is 0 Å². The molecule has 0 unspecified atom stereocenters. The van der Waals surface area contributed by atoms with Crippen LogP contribution in [-0.2, 0) is 6.42 Å². The van der Waals surface area contributed by atoms with Crippen molar-refractivity contribution in [3.63, 3.8) is 0 Å². The number of piperazine rings is 1. The lowest BCUT2D eigenvalue weighted by molar-refractivity contribution is 0.155. The van der Waals surface area contributed by atoms with E-state index in [1.54, 1.807) is 13.2 Å². The molecule has 0 saturated carbocycles. The number of nitrogens with zero attached hydrogens (tertiary/aromatic N) is 6. The third-order valence-corrected chi connectivity index (χ3v) is 5.98. The molecule has 1 aliphatic rings. The van der Waals surface area contributed by atoms with Crippen molar-refractivity contribution in [2.24, 2.45) is 0 Å². The molecule has 33 heavy (non-hydrogen) atoms. The Labute approximate surface area is 193 Å². The first-order valence-corrected chi connectivity index (χ1v) is 11.2. The lowest BCUT2D eigenvalue weighted by Gasteiger charge is -2.32. The Kier molecular flexibility index (Phi) is 6.19. The molecule has 0 atom stereocenters. The predicted octanol–water partition coefficient (Wildman–Crippen LogP) is 3.38. The number of rotatable bonds is 7. The van der Waals surface area contributed by atoms with Gasteiger partial charge in [-0.3, -0.25) is 0 Å². The molecule has 3 aromatic heterocycles. The summed E-state index contributed by atoms with van der Waals surface area (Å²) in [4.78, 5) is 14.2. The van der Waals surface area contributed by atoms with Gasteiger partial charge in [-0.25, -0.2) is 9.50 Å². The summed E-state index contributed by atoms with van der Waals surface area (Å²) in [6.07, 6.45) is 2.88. The minimum absolute atomic E-state index is 0.480. The van der Waals surface area contributed by atoms with Crippen molar-refractivity contribution in [3.8, 4) is 29.0 Å². The predicted molar refractivity (Wildman–Crippen MR) is 127 cm³/mol. The van der Waals surface area contributed by atoms with E-state index in [2.05, 4.69) is 27.9 Å². The standard InChI is InChI=1S/C25H28N6O2/c1-29-15-17-30(18-16-29)13-11-19-12-14-31-23(19)25(33-20-7-4-3-5-8-20)27-24(28-31)21-9-6-10-22(26-21)32-2/h3-10,12,14H,11,13,15-18H2,1-2H3. The van der Waals surface area contributed by atoms with Gasteiger partial charge in [0, 0.05) is 45.0 Å². The Balaban J connectivity index is 1.50. The highest BCUT2D eigenvalue weighted by Crippen LogP contribution is 2.29. The molecule has 0 radical (unpaired) electrons. The van der Waals surface area contributed by atoms with E-state index in [-0.39, 0.29) is 0 Å². The molecule has 8 heteroatoms. The van der Waals surface area contributed by atoms with Crippen LogP contribution < -0.4 is 9.47 Å². The summed E-state index contributed by atoms with van der Waals surface area (Å²) in [6.45, 7) is 5.41. The van der Waals surface area contributed by atoms with Crippen LogP contribution in [0.3, 0.4) is 0 Å². The number of fused-ring (bicyclic) bond motifs is 1. The lowest BCUT2D eigenvalue weighted by atomic mass is 10.2. The number of pyridine rings is 1. The molecule has 8 nitrogen and oxygen atoms in total. The maximum Gasteiger partial charge on any atom is 0.247 e. The molecular weight excluding hydrogens is 416 g/mol. The minimum atomic E-state index is 0.480. The number of aromatic nitrogens is 4. The van der Waals surface area contributed by atoms with Crippen molar-refractivity contribution in [1.82, 2.24) is 29.4 Å². The molecule has 0 amide bonds. The van der Waals surface area contributed by atoms with Crippen molar-refractivity contribution in [3.05, 3.63) is 66.4 Å². The highest BCUT2D eigenvalue weighted by molar-refractivity contribution is 5.66. The summed E-state index contributed by atoms with van der Waals surface area (Å²) in [7, 11) is 3.77. The third-order valence-electron chi connectivity index (χ3n) is 5.98. The van der Waals surface area contributed by atoms with Crippen LogP contribution in [0.5, 0.6) is 17.5 Å². The normalized spacial score (nSPS) is 15.1. The molecule has 1 fully saturated rings. The van der Waals surface area contributed by atoms with Crippen molar-refractivity contribution >= 4 is 5.52 Å². The quantitative estimate of drug-likeness (QED) is 0.433. The van der Waals surface area contributed by atoms with Gasteiger partial charge in [0.1, 0.15) is 17.0 Å². The summed E-state index contributed by atoms with van der Waals surface area (Å²) < 4.78 is 13.4. The monoisotopic (exact) mass is 444 g/mol. The van der Waals surface area contributed by atoms with E-state index < -0.39 is 0 Å². The van der Waals surface area contributed by atoms with Gasteiger partial charge < -0.3 is 19.3 Å². The maximum absolute atomic E-state index is 6.26. The van der Waals surface area contributed by atoms with Crippen molar-refractivity contribution < 1.29 is 9.47 Å². The number of likely N-dealkylation sites (N-methyl/N-ethyl adjacent to an activating group) is 1. The SMILES string of the molecule is COc1cccc(-c2nc(Oc3ccccc3)c3c(CCN4CCN(C)CC4)ccn3n2)n1. The smallest absolute Gasteiger partial charge is 0.247 e. The zero-order valence-corrected chi connectivity index (χ0v) is 19.0. The highest BCUT2D eigenvalue weighted by atomic mass is 16.5. The average Bonchev–Trinajstić information content (AvgIpc) is 3.28. The first-order chi connectivity index (χ1) is 16.2. The number of benzene rings is 1. The van der Waals surface area contributed by atoms with Crippen LogP contribution in [0, 0.1) is 0 Å². The van der Waals surface area contributed by atoms with E-state index in [9.17, 15) is 0 Å². The first kappa shape index (κ1) is 21.4. The molecule has 1 aliphatic heterocycles.